The van der Waals surface area contributed by atoms with Crippen LogP contribution in [0.1, 0.15) is 28.4 Å². The number of rotatable bonds is 3. The molecule has 0 aliphatic carbocycles. The molecule has 8 heteroatoms. The molecule has 5 nitrogen and oxygen atoms in total. The van der Waals surface area contributed by atoms with Gasteiger partial charge in [-0.05, 0) is 30.2 Å². The number of aliphatic imine (C=N–C) groups is 1. The number of hydrogen-bond donors (Lipinski definition) is 2. The van der Waals surface area contributed by atoms with Crippen molar-refractivity contribution >= 4 is 11.9 Å². The molecule has 1 heterocycles. The molecule has 0 saturated carbocycles. The van der Waals surface area contributed by atoms with Gasteiger partial charge in [0.15, 0.2) is 12.1 Å². The summed E-state index contributed by atoms with van der Waals surface area (Å²) in [5.74, 6) is -2.03. The minimum Gasteiger partial charge on any atom is -0.459 e. The molecule has 1 amide bonds. The number of carbonyl (C=O) groups excluding carboxylic acids is 1. The molecule has 2 rings (SSSR count). The first kappa shape index (κ1) is 16.7. The number of carbonyl (C=O) groups is 1. The zero-order valence-corrected chi connectivity index (χ0v) is 12.2. The van der Waals surface area contributed by atoms with E-state index in [1.54, 1.807) is 0 Å². The Bertz CT molecular complexity index is 737. The molecule has 1 aromatic carbocycles. The molecule has 122 valence electrons. The zero-order valence-electron chi connectivity index (χ0n) is 12.2. The Morgan fingerprint density at radius 2 is 2.17 bits per heavy atom. The summed E-state index contributed by atoms with van der Waals surface area (Å²) in [7, 11) is 0. The molecule has 1 atom stereocenters. The van der Waals surface area contributed by atoms with Crippen LogP contribution in [-0.4, -0.2) is 24.5 Å². The second kappa shape index (κ2) is 5.83. The summed E-state index contributed by atoms with van der Waals surface area (Å²) in [6.07, 6.45) is 1.08. The van der Waals surface area contributed by atoms with Crippen LogP contribution in [0.5, 0.6) is 0 Å². The number of alkyl halides is 2. The highest BCUT2D eigenvalue weighted by molar-refractivity contribution is 5.93. The number of amides is 1. The molecule has 1 aromatic rings. The summed E-state index contributed by atoms with van der Waals surface area (Å²) in [5.41, 5.74) is 8.85. The van der Waals surface area contributed by atoms with Gasteiger partial charge in [0.05, 0.1) is 0 Å². The molecular weight excluding hydrogens is 311 g/mol. The monoisotopic (exact) mass is 325 g/mol. The molecule has 0 aromatic heterocycles. The van der Waals surface area contributed by atoms with Crippen molar-refractivity contribution in [1.82, 2.24) is 0 Å². The first-order valence-corrected chi connectivity index (χ1v) is 6.59. The predicted molar refractivity (Wildman–Crippen MR) is 77.4 cm³/mol. The summed E-state index contributed by atoms with van der Waals surface area (Å²) in [5, 5.41) is 0. The van der Waals surface area contributed by atoms with Crippen LogP contribution in [0, 0.1) is 12.1 Å². The second-order valence-corrected chi connectivity index (χ2v) is 5.20. The largest absolute Gasteiger partial charge is 0.459 e. The fourth-order valence-corrected chi connectivity index (χ4v) is 2.36. The normalized spacial score (nSPS) is 22.3. The fourth-order valence-electron chi connectivity index (χ4n) is 2.36. The van der Waals surface area contributed by atoms with Crippen LogP contribution in [0.15, 0.2) is 23.2 Å². The number of amidine groups is 1. The average Bonchev–Trinajstić information content (AvgIpc) is 2.49. The maximum Gasteiger partial charge on any atom is 0.310 e. The van der Waals surface area contributed by atoms with E-state index in [0.29, 0.717) is 5.56 Å². The van der Waals surface area contributed by atoms with Crippen molar-refractivity contribution in [2.45, 2.75) is 24.8 Å². The number of ether oxygens (including phenoxy) is 1. The van der Waals surface area contributed by atoms with Gasteiger partial charge >= 0.3 is 5.92 Å². The van der Waals surface area contributed by atoms with Crippen molar-refractivity contribution in [2.75, 3.05) is 6.61 Å². The highest BCUT2D eigenvalue weighted by atomic mass is 19.3. The van der Waals surface area contributed by atoms with Crippen molar-refractivity contribution < 1.29 is 22.7 Å². The van der Waals surface area contributed by atoms with Crippen LogP contribution in [-0.2, 0) is 16.7 Å². The number of halogens is 3. The maximum absolute atomic E-state index is 14.4. The van der Waals surface area contributed by atoms with Crippen LogP contribution in [0.25, 0.3) is 0 Å². The van der Waals surface area contributed by atoms with Crippen molar-refractivity contribution in [3.05, 3.63) is 34.9 Å². The minimum absolute atomic E-state index is 0.00667. The molecule has 0 fully saturated rings. The lowest BCUT2D eigenvalue weighted by atomic mass is 9.81. The van der Waals surface area contributed by atoms with Gasteiger partial charge in [0, 0.05) is 12.0 Å². The van der Waals surface area contributed by atoms with E-state index in [1.165, 1.54) is 24.4 Å². The van der Waals surface area contributed by atoms with Crippen LogP contribution < -0.4 is 11.5 Å². The van der Waals surface area contributed by atoms with Crippen molar-refractivity contribution in [3.8, 4) is 12.1 Å². The number of benzene rings is 1. The van der Waals surface area contributed by atoms with Crippen LogP contribution in [0.2, 0.25) is 0 Å². The first-order valence-electron chi connectivity index (χ1n) is 6.59. The van der Waals surface area contributed by atoms with E-state index in [4.69, 9.17) is 11.5 Å². The highest BCUT2D eigenvalue weighted by Gasteiger charge is 2.56. The van der Waals surface area contributed by atoms with Gasteiger partial charge in [0.2, 0.25) is 5.91 Å². The summed E-state index contributed by atoms with van der Waals surface area (Å²) in [6.45, 7) is 0.197. The molecule has 4 N–H and O–H groups in total. The first-order chi connectivity index (χ1) is 10.7. The van der Waals surface area contributed by atoms with E-state index in [0.717, 1.165) is 6.92 Å². The Hall–Kier alpha value is -2.69. The fraction of sp³-hybridized carbons (Fsp3) is 0.333. The SMILES string of the molecule is CC1(c2cc(C(N)=O)ccc2CC#CF)N=C(N)OCC1(F)F. The van der Waals surface area contributed by atoms with E-state index in [1.807, 2.05) is 0 Å². The average molecular weight is 325 g/mol. The Balaban J connectivity index is 2.70. The Labute approximate surface area is 130 Å². The summed E-state index contributed by atoms with van der Waals surface area (Å²) in [6, 6.07) is 3.55. The lowest BCUT2D eigenvalue weighted by molar-refractivity contribution is -0.116. The van der Waals surface area contributed by atoms with Gasteiger partial charge in [-0.25, -0.2) is 4.99 Å². The smallest absolute Gasteiger partial charge is 0.310 e. The zero-order chi connectivity index (χ0) is 17.3. The van der Waals surface area contributed by atoms with Gasteiger partial charge in [-0.15, -0.1) is 4.39 Å². The molecule has 1 unspecified atom stereocenters. The highest BCUT2D eigenvalue weighted by Crippen LogP contribution is 2.44. The third-order valence-electron chi connectivity index (χ3n) is 3.71. The molecule has 1 aliphatic rings. The summed E-state index contributed by atoms with van der Waals surface area (Å²) >= 11 is 0. The maximum atomic E-state index is 14.4. The van der Waals surface area contributed by atoms with E-state index >= 15 is 0 Å². The Morgan fingerprint density at radius 1 is 1.48 bits per heavy atom. The van der Waals surface area contributed by atoms with Gasteiger partial charge in [-0.3, -0.25) is 4.79 Å². The topological polar surface area (TPSA) is 90.7 Å². The molecule has 1 aliphatic heterocycles. The van der Waals surface area contributed by atoms with Gasteiger partial charge in [0.1, 0.15) is 6.17 Å². The van der Waals surface area contributed by atoms with Crippen LogP contribution in [0.4, 0.5) is 13.2 Å². The molecule has 0 saturated heterocycles. The molecule has 0 bridgehead atoms. The second-order valence-electron chi connectivity index (χ2n) is 5.20. The van der Waals surface area contributed by atoms with Crippen LogP contribution in [0.3, 0.4) is 0 Å². The molecule has 23 heavy (non-hydrogen) atoms. The van der Waals surface area contributed by atoms with E-state index in [9.17, 15) is 18.0 Å². The lowest BCUT2D eigenvalue weighted by Gasteiger charge is -2.38. The quantitative estimate of drug-likeness (QED) is 0.824. The third kappa shape index (κ3) is 2.95. The Kier molecular flexibility index (Phi) is 4.23. The van der Waals surface area contributed by atoms with Gasteiger partial charge in [-0.1, -0.05) is 12.0 Å². The van der Waals surface area contributed by atoms with Gasteiger partial charge in [0.25, 0.3) is 6.02 Å². The summed E-state index contributed by atoms with van der Waals surface area (Å²) < 4.78 is 45.6. The predicted octanol–water partition coefficient (Wildman–Crippen LogP) is 1.45. The van der Waals surface area contributed by atoms with E-state index in [-0.39, 0.29) is 17.5 Å². The van der Waals surface area contributed by atoms with E-state index in [2.05, 4.69) is 15.6 Å². The van der Waals surface area contributed by atoms with E-state index < -0.39 is 30.0 Å². The van der Waals surface area contributed by atoms with Crippen molar-refractivity contribution in [3.63, 3.8) is 0 Å². The number of primary amides is 1. The van der Waals surface area contributed by atoms with Crippen LogP contribution >= 0.6 is 0 Å². The van der Waals surface area contributed by atoms with Crippen molar-refractivity contribution in [2.24, 2.45) is 16.5 Å². The minimum atomic E-state index is -3.40. The van der Waals surface area contributed by atoms with Crippen molar-refractivity contribution in [1.29, 1.82) is 0 Å². The molecule has 0 spiro atoms. The summed E-state index contributed by atoms with van der Waals surface area (Å²) in [4.78, 5) is 15.1. The lowest BCUT2D eigenvalue weighted by Crippen LogP contribution is -2.51. The van der Waals surface area contributed by atoms with Gasteiger partial charge < -0.3 is 16.2 Å². The number of hydrogen-bond acceptors (Lipinski definition) is 4. The number of nitrogens with zero attached hydrogens (tertiary/aromatic N) is 1. The Morgan fingerprint density at radius 3 is 2.78 bits per heavy atom. The standard InChI is InChI=1S/C15H14F3N3O2/c1-14(15(17,18)8-23-13(20)21-14)11-7-10(12(19)22)5-4-9(11)3-2-6-16/h4-5,7H,3,8H2,1H3,(H2,19,22)(H2,20,21). The molecular formula is C15H14F3N3O2. The number of nitrogens with two attached hydrogens (primary N) is 2. The van der Waals surface area contributed by atoms with Gasteiger partial charge in [-0.2, -0.15) is 8.78 Å². The molecule has 0 radical (unpaired) electrons. The third-order valence-corrected chi connectivity index (χ3v) is 3.71.